The Labute approximate surface area is 162 Å². The van der Waals surface area contributed by atoms with Crippen LogP contribution in [0.2, 0.25) is 5.02 Å². The lowest BCUT2D eigenvalue weighted by Crippen LogP contribution is -2.38. The fraction of sp³-hybridized carbons (Fsp3) is 0.235. The van der Waals surface area contributed by atoms with Gasteiger partial charge in [0.25, 0.3) is 5.56 Å². The first-order valence-corrected chi connectivity index (χ1v) is 9.07. The van der Waals surface area contributed by atoms with E-state index in [-0.39, 0.29) is 21.9 Å². The van der Waals surface area contributed by atoms with E-state index in [4.69, 9.17) is 11.6 Å². The Balaban J connectivity index is 2.37. The van der Waals surface area contributed by atoms with Crippen LogP contribution in [0.3, 0.4) is 0 Å². The quantitative estimate of drug-likeness (QED) is 0.461. The molecule has 0 saturated carbocycles. The lowest BCUT2D eigenvalue weighted by Gasteiger charge is -2.15. The van der Waals surface area contributed by atoms with E-state index in [1.165, 1.54) is 25.6 Å². The van der Waals surface area contributed by atoms with E-state index in [0.717, 1.165) is 16.3 Å². The molecule has 140 valence electrons. The van der Waals surface area contributed by atoms with Crippen LogP contribution < -0.4 is 16.4 Å². The molecule has 0 bridgehead atoms. The zero-order valence-corrected chi connectivity index (χ0v) is 16.2. The number of halogens is 1. The number of aliphatic carboxylic acids is 1. The van der Waals surface area contributed by atoms with Crippen molar-refractivity contribution in [1.82, 2.24) is 19.1 Å². The number of fused-ring (bicyclic) bond motifs is 1. The van der Waals surface area contributed by atoms with Crippen LogP contribution in [0.5, 0.6) is 0 Å². The zero-order chi connectivity index (χ0) is 19.9. The third-order valence-corrected chi connectivity index (χ3v) is 5.31. The van der Waals surface area contributed by atoms with Crippen LogP contribution in [0.4, 0.5) is 0 Å². The minimum absolute atomic E-state index is 0.0791. The van der Waals surface area contributed by atoms with Gasteiger partial charge in [0.05, 0.1) is 5.97 Å². The molecule has 1 aromatic carbocycles. The fourth-order valence-corrected chi connectivity index (χ4v) is 3.45. The number of nitrogens with zero attached hydrogens (tertiary/aromatic N) is 4. The summed E-state index contributed by atoms with van der Waals surface area (Å²) < 4.78 is 2.16. The first kappa shape index (κ1) is 19.1. The molecular formula is C17H14ClN4O4S-. The summed E-state index contributed by atoms with van der Waals surface area (Å²) in [7, 11) is 2.83. The highest BCUT2D eigenvalue weighted by atomic mass is 35.5. The molecule has 0 amide bonds. The van der Waals surface area contributed by atoms with Crippen LogP contribution in [-0.4, -0.2) is 30.3 Å². The van der Waals surface area contributed by atoms with Crippen molar-refractivity contribution >= 4 is 40.4 Å². The van der Waals surface area contributed by atoms with Crippen molar-refractivity contribution in [3.05, 3.63) is 50.1 Å². The minimum Gasteiger partial charge on any atom is -0.549 e. The van der Waals surface area contributed by atoms with E-state index in [9.17, 15) is 19.5 Å². The first-order chi connectivity index (χ1) is 12.7. The molecule has 3 rings (SSSR count). The second kappa shape index (κ2) is 7.16. The fourth-order valence-electron chi connectivity index (χ4n) is 2.46. The van der Waals surface area contributed by atoms with Crippen molar-refractivity contribution in [2.75, 3.05) is 0 Å². The lowest BCUT2D eigenvalue weighted by molar-refractivity contribution is -0.304. The summed E-state index contributed by atoms with van der Waals surface area (Å²) in [6.45, 7) is 1.43. The largest absolute Gasteiger partial charge is 0.549 e. The number of rotatable bonds is 4. The summed E-state index contributed by atoms with van der Waals surface area (Å²) in [4.78, 5) is 44.8. The number of aromatic nitrogens is 4. The summed E-state index contributed by atoms with van der Waals surface area (Å²) in [5.41, 5.74) is -0.408. The summed E-state index contributed by atoms with van der Waals surface area (Å²) >= 11 is 6.77. The number of carboxylic acid groups (broad SMARTS) is 1. The molecule has 0 aliphatic carbocycles. The van der Waals surface area contributed by atoms with Crippen molar-refractivity contribution in [3.8, 4) is 11.4 Å². The number of carboxylic acids is 1. The molecular weight excluding hydrogens is 392 g/mol. The van der Waals surface area contributed by atoms with Crippen LogP contribution in [0.15, 0.2) is 38.9 Å². The molecule has 10 heteroatoms. The van der Waals surface area contributed by atoms with E-state index in [1.54, 1.807) is 24.3 Å². The first-order valence-electron chi connectivity index (χ1n) is 7.82. The second-order valence-electron chi connectivity index (χ2n) is 5.84. The van der Waals surface area contributed by atoms with E-state index < -0.39 is 22.5 Å². The Kier molecular flexibility index (Phi) is 5.07. The molecule has 27 heavy (non-hydrogen) atoms. The highest BCUT2D eigenvalue weighted by Gasteiger charge is 2.20. The van der Waals surface area contributed by atoms with Crippen LogP contribution in [0.25, 0.3) is 22.4 Å². The van der Waals surface area contributed by atoms with Gasteiger partial charge in [-0.15, -0.1) is 0 Å². The number of hydrogen-bond donors (Lipinski definition) is 0. The lowest BCUT2D eigenvalue weighted by atomic mass is 10.2. The average molecular weight is 406 g/mol. The number of benzene rings is 1. The van der Waals surface area contributed by atoms with Gasteiger partial charge in [0.1, 0.15) is 10.4 Å². The molecule has 0 saturated heterocycles. The number of aryl methyl sites for hydroxylation is 1. The third-order valence-electron chi connectivity index (χ3n) is 3.99. The molecule has 0 N–H and O–H groups in total. The van der Waals surface area contributed by atoms with E-state index in [1.807, 2.05) is 0 Å². The van der Waals surface area contributed by atoms with Gasteiger partial charge in [-0.05, 0) is 31.2 Å². The monoisotopic (exact) mass is 405 g/mol. The predicted molar refractivity (Wildman–Crippen MR) is 101 cm³/mol. The highest BCUT2D eigenvalue weighted by molar-refractivity contribution is 8.00. The molecule has 3 aromatic rings. The number of hydrogen-bond acceptors (Lipinski definition) is 7. The SMILES string of the molecule is C[C@@H](Sc1nc(-c2ccc(Cl)cc2)nc2c1c(=O)n(C)c(=O)n2C)C(=O)[O-]. The Hall–Kier alpha value is -2.65. The highest BCUT2D eigenvalue weighted by Crippen LogP contribution is 2.29. The molecule has 0 unspecified atom stereocenters. The Bertz CT molecular complexity index is 1170. The van der Waals surface area contributed by atoms with Crippen molar-refractivity contribution < 1.29 is 9.90 Å². The molecule has 0 aliphatic rings. The minimum atomic E-state index is -1.29. The molecule has 0 aliphatic heterocycles. The van der Waals surface area contributed by atoms with Gasteiger partial charge in [-0.25, -0.2) is 14.8 Å². The molecule has 1 atom stereocenters. The van der Waals surface area contributed by atoms with Crippen molar-refractivity contribution in [3.63, 3.8) is 0 Å². The number of carbonyl (C=O) groups is 1. The summed E-state index contributed by atoms with van der Waals surface area (Å²) in [6.07, 6.45) is 0. The zero-order valence-electron chi connectivity index (χ0n) is 14.6. The average Bonchev–Trinajstić information content (AvgIpc) is 2.64. The predicted octanol–water partition coefficient (Wildman–Crippen LogP) is 0.578. The van der Waals surface area contributed by atoms with Gasteiger partial charge in [-0.2, -0.15) is 0 Å². The van der Waals surface area contributed by atoms with Crippen LogP contribution in [-0.2, 0) is 18.9 Å². The molecule has 0 radical (unpaired) electrons. The number of carbonyl (C=O) groups excluding carboxylic acids is 1. The van der Waals surface area contributed by atoms with Gasteiger partial charge in [-0.3, -0.25) is 13.9 Å². The Morgan fingerprint density at radius 1 is 1.15 bits per heavy atom. The standard InChI is InChI=1S/C17H15ClN4O4S/c1-8(16(24)25)27-14-11-13(21(2)17(26)22(3)15(11)23)19-12(20-14)9-4-6-10(18)7-5-9/h4-8H,1-3H3,(H,24,25)/p-1/t8-/m1/s1. The van der Waals surface area contributed by atoms with Gasteiger partial charge >= 0.3 is 5.69 Å². The van der Waals surface area contributed by atoms with Crippen LogP contribution in [0.1, 0.15) is 6.92 Å². The van der Waals surface area contributed by atoms with Gasteiger partial charge in [0.2, 0.25) is 0 Å². The van der Waals surface area contributed by atoms with Crippen molar-refractivity contribution in [1.29, 1.82) is 0 Å². The smallest absolute Gasteiger partial charge is 0.332 e. The van der Waals surface area contributed by atoms with Gasteiger partial charge in [-0.1, -0.05) is 23.4 Å². The molecule has 0 fully saturated rings. The van der Waals surface area contributed by atoms with Gasteiger partial charge in [0.15, 0.2) is 11.5 Å². The van der Waals surface area contributed by atoms with Crippen molar-refractivity contribution in [2.45, 2.75) is 17.2 Å². The summed E-state index contributed by atoms with van der Waals surface area (Å²) in [6, 6.07) is 6.70. The Morgan fingerprint density at radius 3 is 2.37 bits per heavy atom. The molecule has 2 aromatic heterocycles. The van der Waals surface area contributed by atoms with E-state index in [0.29, 0.717) is 10.6 Å². The molecule has 0 spiro atoms. The van der Waals surface area contributed by atoms with Crippen LogP contribution in [0, 0.1) is 0 Å². The topological polar surface area (TPSA) is 110 Å². The second-order valence-corrected chi connectivity index (χ2v) is 7.61. The van der Waals surface area contributed by atoms with Crippen LogP contribution >= 0.6 is 23.4 Å². The summed E-state index contributed by atoms with van der Waals surface area (Å²) in [5, 5.41) is 11.0. The molecule has 8 nitrogen and oxygen atoms in total. The maximum atomic E-state index is 12.6. The maximum Gasteiger partial charge on any atom is 0.332 e. The summed E-state index contributed by atoms with van der Waals surface area (Å²) in [5.74, 6) is -1.04. The van der Waals surface area contributed by atoms with Crippen molar-refractivity contribution in [2.24, 2.45) is 14.1 Å². The number of thioether (sulfide) groups is 1. The van der Waals surface area contributed by atoms with Gasteiger partial charge in [0, 0.05) is 29.9 Å². The Morgan fingerprint density at radius 2 is 1.78 bits per heavy atom. The maximum absolute atomic E-state index is 12.6. The normalized spacial score (nSPS) is 12.3. The van der Waals surface area contributed by atoms with E-state index in [2.05, 4.69) is 9.97 Å². The van der Waals surface area contributed by atoms with E-state index >= 15 is 0 Å². The van der Waals surface area contributed by atoms with Gasteiger partial charge < -0.3 is 9.90 Å². The third kappa shape index (κ3) is 3.47. The molecule has 2 heterocycles.